The third-order valence-electron chi connectivity index (χ3n) is 11.7. The molecule has 0 radical (unpaired) electrons. The third-order valence-corrected chi connectivity index (χ3v) is 11.7. The molecule has 0 saturated carbocycles. The summed E-state index contributed by atoms with van der Waals surface area (Å²) < 4.78 is 22.5. The molecule has 0 aliphatic carbocycles. The van der Waals surface area contributed by atoms with Crippen LogP contribution in [0.1, 0.15) is 168 Å². The maximum absolute atomic E-state index is 12.9. The molecule has 0 rings (SSSR count). The zero-order valence-corrected chi connectivity index (χ0v) is 52.0. The molecule has 0 aromatic carbocycles. The van der Waals surface area contributed by atoms with Crippen LogP contribution in [0.3, 0.4) is 0 Å². The van der Waals surface area contributed by atoms with Gasteiger partial charge in [-0.25, -0.2) is 0 Å². The second-order valence-electron chi connectivity index (χ2n) is 20.5. The molecular formula is C74H109NO8. The minimum absolute atomic E-state index is 0.114. The number of nitrogens with zero attached hydrogens (tertiary/aromatic N) is 1. The zero-order chi connectivity index (χ0) is 60.5. The van der Waals surface area contributed by atoms with Gasteiger partial charge in [0.1, 0.15) is 13.2 Å². The molecule has 9 heteroatoms. The topological polar surface area (TPSA) is 111 Å². The van der Waals surface area contributed by atoms with Crippen LogP contribution in [0.2, 0.25) is 0 Å². The number of unbranched alkanes of at least 4 members (excludes halogenated alkanes) is 2. The first-order valence-electron chi connectivity index (χ1n) is 30.9. The number of carbonyl (C=O) groups is 3. The van der Waals surface area contributed by atoms with E-state index >= 15 is 0 Å². The molecule has 2 unspecified atom stereocenters. The number of rotatable bonds is 53. The highest BCUT2D eigenvalue weighted by atomic mass is 16.7. The number of quaternary nitrogens is 1. The van der Waals surface area contributed by atoms with Crippen molar-refractivity contribution >= 4 is 17.9 Å². The zero-order valence-electron chi connectivity index (χ0n) is 52.0. The van der Waals surface area contributed by atoms with Gasteiger partial charge in [0.05, 0.1) is 40.3 Å². The van der Waals surface area contributed by atoms with Crippen molar-refractivity contribution in [3.63, 3.8) is 0 Å². The third kappa shape index (κ3) is 63.0. The number of aliphatic carboxylic acids is 1. The average molecular weight is 1140 g/mol. The Labute approximate surface area is 505 Å². The minimum atomic E-state index is -1.67. The number of carbonyl (C=O) groups excluding carboxylic acids is 3. The van der Waals surface area contributed by atoms with E-state index in [2.05, 4.69) is 220 Å². The van der Waals surface area contributed by atoms with Gasteiger partial charge in [0.2, 0.25) is 0 Å². The Balaban J connectivity index is 4.41. The van der Waals surface area contributed by atoms with E-state index in [-0.39, 0.29) is 32.7 Å². The molecule has 0 bridgehead atoms. The lowest BCUT2D eigenvalue weighted by Gasteiger charge is -2.26. The Hall–Kier alpha value is -6.39. The lowest BCUT2D eigenvalue weighted by Crippen LogP contribution is -2.44. The summed E-state index contributed by atoms with van der Waals surface area (Å²) in [5.74, 6) is -2.49. The predicted octanol–water partition coefficient (Wildman–Crippen LogP) is 17.7. The quantitative estimate of drug-likeness (QED) is 0.0195. The summed E-state index contributed by atoms with van der Waals surface area (Å²) in [6.45, 7) is 4.33. The van der Waals surface area contributed by atoms with E-state index in [1.165, 1.54) is 0 Å². The maximum Gasteiger partial charge on any atom is 0.306 e. The van der Waals surface area contributed by atoms with E-state index in [0.717, 1.165) is 128 Å². The van der Waals surface area contributed by atoms with Gasteiger partial charge < -0.3 is 33.3 Å². The number of hydrogen-bond acceptors (Lipinski definition) is 8. The van der Waals surface area contributed by atoms with Gasteiger partial charge in [0.25, 0.3) is 0 Å². The monoisotopic (exact) mass is 1140 g/mol. The normalized spacial score (nSPS) is 14.3. The van der Waals surface area contributed by atoms with Crippen LogP contribution < -0.4 is 5.11 Å². The van der Waals surface area contributed by atoms with Crippen LogP contribution in [-0.2, 0) is 33.3 Å². The van der Waals surface area contributed by atoms with E-state index < -0.39 is 30.3 Å². The number of hydrogen-bond donors (Lipinski definition) is 0. The molecule has 0 saturated heterocycles. The van der Waals surface area contributed by atoms with Crippen molar-refractivity contribution in [1.82, 2.24) is 0 Å². The molecule has 0 fully saturated rings. The first-order valence-corrected chi connectivity index (χ1v) is 30.9. The van der Waals surface area contributed by atoms with Crippen LogP contribution in [0, 0.1) is 0 Å². The number of carboxylic acids is 1. The van der Waals surface area contributed by atoms with Gasteiger partial charge in [-0.1, -0.05) is 233 Å². The fraction of sp³-hybridized carbons (Fsp3) is 0.473. The standard InChI is InChI=1S/C74H109NO8/c1-6-8-10-12-14-16-18-20-22-24-26-27-28-29-30-31-32-33-34-35-36-37-38-39-40-41-42-43-44-45-47-49-51-53-55-57-59-61-63-65-72(77)83-70(69-82-74(73(78)79)80-67-66-75(3,4)5)68-81-71(76)64-62-60-58-56-54-52-50-48-46-25-23-21-19-17-15-13-11-9-7-2/h8-11,14-17,20-23,26-27,29-30,32-33,35-36,38-39,41-42,44-46,48-49,51-52,54-55,57-58,60,70,74H,6-7,12-13,18-19,24-25,28,31,34,37,40,43,47,50,53,56,59,61-69H2,1-5H3/b10-8-,11-9-,16-14-,17-15-,22-20-,23-21-,27-26-,30-29-,33-32-,36-35-,39-38-,42-41-,45-44-,48-46-,51-49-,54-52-,57-55-,60-58-. The molecule has 0 aromatic rings. The highest BCUT2D eigenvalue weighted by Crippen LogP contribution is 2.09. The van der Waals surface area contributed by atoms with Crippen LogP contribution in [0.15, 0.2) is 219 Å². The van der Waals surface area contributed by atoms with Gasteiger partial charge in [-0.15, -0.1) is 0 Å². The molecule has 0 amide bonds. The first-order chi connectivity index (χ1) is 40.6. The smallest absolute Gasteiger partial charge is 0.306 e. The Kier molecular flexibility index (Phi) is 56.9. The molecule has 0 spiro atoms. The molecule has 9 nitrogen and oxygen atoms in total. The maximum atomic E-state index is 12.9. The van der Waals surface area contributed by atoms with Crippen molar-refractivity contribution in [2.75, 3.05) is 47.5 Å². The Bertz CT molecular complexity index is 2160. The fourth-order valence-corrected chi connectivity index (χ4v) is 7.07. The summed E-state index contributed by atoms with van der Waals surface area (Å²) >= 11 is 0. The molecule has 83 heavy (non-hydrogen) atoms. The van der Waals surface area contributed by atoms with Crippen molar-refractivity contribution in [1.29, 1.82) is 0 Å². The number of allylic oxidation sites excluding steroid dienone is 36. The van der Waals surface area contributed by atoms with Crippen molar-refractivity contribution in [3.8, 4) is 0 Å². The van der Waals surface area contributed by atoms with Gasteiger partial charge in [-0.05, 0) is 141 Å². The van der Waals surface area contributed by atoms with Gasteiger partial charge >= 0.3 is 11.9 Å². The van der Waals surface area contributed by atoms with Gasteiger partial charge in [0.15, 0.2) is 12.4 Å². The van der Waals surface area contributed by atoms with Crippen molar-refractivity contribution < 1.29 is 42.9 Å². The summed E-state index contributed by atoms with van der Waals surface area (Å²) in [4.78, 5) is 37.3. The van der Waals surface area contributed by atoms with Gasteiger partial charge in [-0.2, -0.15) is 0 Å². The van der Waals surface area contributed by atoms with Crippen LogP contribution in [0.5, 0.6) is 0 Å². The Morgan fingerprint density at radius 3 is 0.964 bits per heavy atom. The van der Waals surface area contributed by atoms with Crippen LogP contribution >= 0.6 is 0 Å². The summed E-state index contributed by atoms with van der Waals surface area (Å²) in [5.41, 5.74) is 0. The first kappa shape index (κ1) is 76.6. The highest BCUT2D eigenvalue weighted by molar-refractivity contribution is 5.70. The average Bonchev–Trinajstić information content (AvgIpc) is 3.46. The van der Waals surface area contributed by atoms with E-state index in [4.69, 9.17) is 18.9 Å². The summed E-state index contributed by atoms with van der Waals surface area (Å²) in [5, 5.41) is 11.8. The van der Waals surface area contributed by atoms with Crippen molar-refractivity contribution in [2.24, 2.45) is 0 Å². The fourth-order valence-electron chi connectivity index (χ4n) is 7.07. The number of esters is 2. The van der Waals surface area contributed by atoms with E-state index in [9.17, 15) is 19.5 Å². The minimum Gasteiger partial charge on any atom is -0.545 e. The van der Waals surface area contributed by atoms with Crippen molar-refractivity contribution in [3.05, 3.63) is 219 Å². The Morgan fingerprint density at radius 2 is 0.663 bits per heavy atom. The van der Waals surface area contributed by atoms with E-state index in [1.54, 1.807) is 0 Å². The number of carboxylic acid groups (broad SMARTS) is 1. The van der Waals surface area contributed by atoms with Gasteiger partial charge in [-0.3, -0.25) is 9.59 Å². The molecule has 0 N–H and O–H groups in total. The second-order valence-corrected chi connectivity index (χ2v) is 20.5. The molecule has 0 aliphatic heterocycles. The SMILES string of the molecule is CC/C=C\C/C=C\C/C=C\C/C=C\C/C=C\C/C=C\C/C=C\C/C=C\C/C=C\C/C=C\C/C=C\C/C=C\CCCCC(=O)OC(COC(=O)CC/C=C\C/C=C\C/C=C\C/C=C\C/C=C\C/C=C\CC)COC(OCC[N+](C)(C)C)C(=O)[O-]. The Morgan fingerprint density at radius 1 is 0.361 bits per heavy atom. The molecule has 458 valence electrons. The largest absolute Gasteiger partial charge is 0.545 e. The van der Waals surface area contributed by atoms with Gasteiger partial charge in [0, 0.05) is 12.8 Å². The number of ether oxygens (including phenoxy) is 4. The summed E-state index contributed by atoms with van der Waals surface area (Å²) in [6, 6.07) is 0. The van der Waals surface area contributed by atoms with Crippen molar-refractivity contribution in [2.45, 2.75) is 180 Å². The van der Waals surface area contributed by atoms with Crippen LogP contribution in [0.25, 0.3) is 0 Å². The summed E-state index contributed by atoms with van der Waals surface area (Å²) in [7, 11) is 5.86. The molecule has 0 aliphatic rings. The van der Waals surface area contributed by atoms with Crippen LogP contribution in [-0.4, -0.2) is 82.3 Å². The summed E-state index contributed by atoms with van der Waals surface area (Å²) in [6.07, 6.45) is 95.9. The number of likely N-dealkylation sites (N-methyl/N-ethyl adjacent to an activating group) is 1. The molecule has 2 atom stereocenters. The van der Waals surface area contributed by atoms with Crippen LogP contribution in [0.4, 0.5) is 0 Å². The van der Waals surface area contributed by atoms with E-state index in [0.29, 0.717) is 23.9 Å². The lowest BCUT2D eigenvalue weighted by atomic mass is 10.2. The highest BCUT2D eigenvalue weighted by Gasteiger charge is 2.21. The predicted molar refractivity (Wildman–Crippen MR) is 351 cm³/mol. The second kappa shape index (κ2) is 61.7. The molecule has 0 heterocycles. The lowest BCUT2D eigenvalue weighted by molar-refractivity contribution is -0.870. The molecule has 0 aromatic heterocycles. The molecular weight excluding hydrogens is 1030 g/mol. The van der Waals surface area contributed by atoms with E-state index in [1.807, 2.05) is 33.3 Å².